The van der Waals surface area contributed by atoms with Crippen molar-refractivity contribution in [2.75, 3.05) is 26.2 Å². The fraction of sp³-hybridized carbons (Fsp3) is 0.833. The summed E-state index contributed by atoms with van der Waals surface area (Å²) < 4.78 is 0. The molecule has 0 aliphatic carbocycles. The van der Waals surface area contributed by atoms with Crippen molar-refractivity contribution in [2.45, 2.75) is 30.8 Å². The van der Waals surface area contributed by atoms with Crippen LogP contribution in [0.3, 0.4) is 0 Å². The molecule has 2 aliphatic rings. The number of amides is 2. The molecule has 18 heavy (non-hydrogen) atoms. The number of thioether (sulfide) groups is 1. The maximum Gasteiger partial charge on any atom is 0.320 e. The Morgan fingerprint density at radius 3 is 2.11 bits per heavy atom. The molecule has 2 rings (SSSR count). The van der Waals surface area contributed by atoms with Gasteiger partial charge in [0.2, 0.25) is 0 Å². The van der Waals surface area contributed by atoms with Crippen LogP contribution in [-0.2, 0) is 4.79 Å². The molecule has 1 N–H and O–H groups in total. The van der Waals surface area contributed by atoms with Crippen LogP contribution in [0.15, 0.2) is 0 Å². The molecular weight excluding hydrogens is 252 g/mol. The molecule has 102 valence electrons. The number of nitrogens with zero attached hydrogens (tertiary/aromatic N) is 2. The first-order valence-electron chi connectivity index (χ1n) is 6.36. The lowest BCUT2D eigenvalue weighted by Crippen LogP contribution is -2.57. The number of carbonyl (C=O) groups excluding carboxylic acids is 1. The van der Waals surface area contributed by atoms with Crippen LogP contribution in [-0.4, -0.2) is 63.6 Å². The number of hydrogen-bond donors (Lipinski definition) is 1. The molecule has 2 heterocycles. The average Bonchev–Trinajstić information content (AvgIpc) is 2.20. The zero-order valence-electron chi connectivity index (χ0n) is 10.8. The van der Waals surface area contributed by atoms with Crippen molar-refractivity contribution in [3.05, 3.63) is 0 Å². The Labute approximate surface area is 112 Å². The monoisotopic (exact) mass is 272 g/mol. The van der Waals surface area contributed by atoms with Crippen molar-refractivity contribution in [1.82, 2.24) is 9.80 Å². The predicted molar refractivity (Wildman–Crippen MR) is 70.8 cm³/mol. The lowest BCUT2D eigenvalue weighted by Gasteiger charge is -2.44. The smallest absolute Gasteiger partial charge is 0.320 e. The molecule has 6 heteroatoms. The normalized spacial score (nSPS) is 29.0. The zero-order valence-corrected chi connectivity index (χ0v) is 11.7. The maximum absolute atomic E-state index is 12.2. The number of carboxylic acids is 1. The van der Waals surface area contributed by atoms with Gasteiger partial charge >= 0.3 is 12.0 Å². The van der Waals surface area contributed by atoms with E-state index in [4.69, 9.17) is 5.11 Å². The summed E-state index contributed by atoms with van der Waals surface area (Å²) in [6, 6.07) is 0.0793. The first-order valence-corrected chi connectivity index (χ1v) is 7.31. The molecule has 2 aliphatic heterocycles. The molecule has 2 fully saturated rings. The number of carboxylic acid groups (broad SMARTS) is 1. The van der Waals surface area contributed by atoms with Crippen molar-refractivity contribution in [3.63, 3.8) is 0 Å². The van der Waals surface area contributed by atoms with Crippen molar-refractivity contribution in [2.24, 2.45) is 5.92 Å². The van der Waals surface area contributed by atoms with Crippen molar-refractivity contribution in [1.29, 1.82) is 0 Å². The molecule has 2 amide bonds. The standard InChI is InChI=1S/C12H20N2O3S/c1-8-4-13(5-9(2)18-8)12(17)14-6-10(7-14)3-11(15)16/h8-10H,3-7H2,1-2H3,(H,15,16). The van der Waals surface area contributed by atoms with Crippen LogP contribution in [0, 0.1) is 5.92 Å². The highest BCUT2D eigenvalue weighted by molar-refractivity contribution is 8.00. The highest BCUT2D eigenvalue weighted by Gasteiger charge is 2.36. The van der Waals surface area contributed by atoms with Crippen LogP contribution in [0.4, 0.5) is 4.79 Å². The van der Waals surface area contributed by atoms with E-state index in [-0.39, 0.29) is 18.4 Å². The van der Waals surface area contributed by atoms with E-state index in [2.05, 4.69) is 13.8 Å². The molecule has 0 radical (unpaired) electrons. The van der Waals surface area contributed by atoms with Crippen LogP contribution in [0.1, 0.15) is 20.3 Å². The van der Waals surface area contributed by atoms with E-state index in [9.17, 15) is 9.59 Å². The van der Waals surface area contributed by atoms with Crippen molar-refractivity contribution >= 4 is 23.8 Å². The summed E-state index contributed by atoms with van der Waals surface area (Å²) in [5.41, 5.74) is 0. The number of rotatable bonds is 2. The van der Waals surface area contributed by atoms with Crippen LogP contribution in [0.2, 0.25) is 0 Å². The Kier molecular flexibility index (Phi) is 4.04. The maximum atomic E-state index is 12.2. The van der Waals surface area contributed by atoms with Gasteiger partial charge in [-0.15, -0.1) is 0 Å². The van der Waals surface area contributed by atoms with E-state index in [0.29, 0.717) is 23.6 Å². The molecule has 0 aromatic carbocycles. The van der Waals surface area contributed by atoms with Gasteiger partial charge in [-0.3, -0.25) is 4.79 Å². The van der Waals surface area contributed by atoms with E-state index in [1.165, 1.54) is 0 Å². The van der Waals surface area contributed by atoms with E-state index >= 15 is 0 Å². The summed E-state index contributed by atoms with van der Waals surface area (Å²) in [4.78, 5) is 26.4. The Morgan fingerprint density at radius 2 is 1.61 bits per heavy atom. The molecule has 2 unspecified atom stereocenters. The minimum Gasteiger partial charge on any atom is -0.481 e. The quantitative estimate of drug-likeness (QED) is 0.824. The molecule has 0 bridgehead atoms. The summed E-state index contributed by atoms with van der Waals surface area (Å²) in [5, 5.41) is 9.64. The molecule has 0 saturated carbocycles. The molecule has 0 aromatic heterocycles. The lowest BCUT2D eigenvalue weighted by molar-refractivity contribution is -0.139. The second-order valence-electron chi connectivity index (χ2n) is 5.31. The molecular formula is C12H20N2O3S. The third-order valence-electron chi connectivity index (χ3n) is 3.38. The Bertz CT molecular complexity index is 334. The van der Waals surface area contributed by atoms with E-state index in [1.807, 2.05) is 16.7 Å². The van der Waals surface area contributed by atoms with Gasteiger partial charge in [-0.1, -0.05) is 13.8 Å². The van der Waals surface area contributed by atoms with Gasteiger partial charge in [0.1, 0.15) is 0 Å². The van der Waals surface area contributed by atoms with Gasteiger partial charge in [0, 0.05) is 42.6 Å². The van der Waals surface area contributed by atoms with Gasteiger partial charge in [0.25, 0.3) is 0 Å². The number of aliphatic carboxylic acids is 1. The van der Waals surface area contributed by atoms with Gasteiger partial charge in [0.05, 0.1) is 6.42 Å². The lowest BCUT2D eigenvalue weighted by atomic mass is 9.97. The molecule has 5 nitrogen and oxygen atoms in total. The summed E-state index contributed by atoms with van der Waals surface area (Å²) in [6.07, 6.45) is 0.173. The molecule has 2 saturated heterocycles. The third kappa shape index (κ3) is 3.10. The van der Waals surface area contributed by atoms with Gasteiger partial charge in [-0.05, 0) is 0 Å². The Hall–Kier alpha value is -0.910. The van der Waals surface area contributed by atoms with Gasteiger partial charge in [0.15, 0.2) is 0 Å². The van der Waals surface area contributed by atoms with E-state index in [0.717, 1.165) is 13.1 Å². The summed E-state index contributed by atoms with van der Waals surface area (Å²) in [6.45, 7) is 7.07. The van der Waals surface area contributed by atoms with Crippen molar-refractivity contribution in [3.8, 4) is 0 Å². The van der Waals surface area contributed by atoms with Gasteiger partial charge < -0.3 is 14.9 Å². The molecule has 0 aromatic rings. The number of likely N-dealkylation sites (tertiary alicyclic amines) is 1. The van der Waals surface area contributed by atoms with Crippen LogP contribution in [0.5, 0.6) is 0 Å². The Morgan fingerprint density at radius 1 is 1.11 bits per heavy atom. The van der Waals surface area contributed by atoms with E-state index < -0.39 is 5.97 Å². The first-order chi connectivity index (χ1) is 8.45. The van der Waals surface area contributed by atoms with Crippen molar-refractivity contribution < 1.29 is 14.7 Å². The number of urea groups is 1. The largest absolute Gasteiger partial charge is 0.481 e. The number of hydrogen-bond acceptors (Lipinski definition) is 3. The number of carbonyl (C=O) groups is 2. The molecule has 2 atom stereocenters. The first kappa shape index (κ1) is 13.5. The van der Waals surface area contributed by atoms with Crippen LogP contribution >= 0.6 is 11.8 Å². The Balaban J connectivity index is 1.80. The van der Waals surface area contributed by atoms with Gasteiger partial charge in [-0.25, -0.2) is 4.79 Å². The summed E-state index contributed by atoms with van der Waals surface area (Å²) in [7, 11) is 0. The van der Waals surface area contributed by atoms with E-state index in [1.54, 1.807) is 4.90 Å². The highest BCUT2D eigenvalue weighted by Crippen LogP contribution is 2.27. The zero-order chi connectivity index (χ0) is 13.3. The molecule has 0 spiro atoms. The second kappa shape index (κ2) is 5.38. The van der Waals surface area contributed by atoms with Crippen LogP contribution in [0.25, 0.3) is 0 Å². The average molecular weight is 272 g/mol. The fourth-order valence-corrected chi connectivity index (χ4v) is 3.96. The minimum atomic E-state index is -0.774. The minimum absolute atomic E-state index is 0.0793. The highest BCUT2D eigenvalue weighted by atomic mass is 32.2. The fourth-order valence-electron chi connectivity index (χ4n) is 2.64. The summed E-state index contributed by atoms with van der Waals surface area (Å²) in [5.74, 6) is -0.635. The second-order valence-corrected chi connectivity index (χ2v) is 7.20. The third-order valence-corrected chi connectivity index (χ3v) is 4.61. The summed E-state index contributed by atoms with van der Waals surface area (Å²) >= 11 is 1.92. The van der Waals surface area contributed by atoms with Gasteiger partial charge in [-0.2, -0.15) is 11.8 Å². The predicted octanol–water partition coefficient (Wildman–Crippen LogP) is 1.34. The SMILES string of the molecule is CC1CN(C(=O)N2CC(CC(=O)O)C2)CC(C)S1. The van der Waals surface area contributed by atoms with Crippen LogP contribution < -0.4 is 0 Å². The topological polar surface area (TPSA) is 60.9 Å².